The van der Waals surface area contributed by atoms with Crippen LogP contribution in [0.3, 0.4) is 0 Å². The average Bonchev–Trinajstić information content (AvgIpc) is 3.67. The molecule has 4 nitrogen and oxygen atoms in total. The number of nitrogens with zero attached hydrogens (tertiary/aromatic N) is 2. The van der Waals surface area contributed by atoms with E-state index in [1.54, 1.807) is 0 Å². The molecule has 276 valence electrons. The molecule has 0 N–H and O–H groups in total. The maximum atomic E-state index is 7.01. The smallest absolute Gasteiger partial charge is 0.268 e. The lowest BCUT2D eigenvalue weighted by Gasteiger charge is -2.29. The standard InChI is InChI=1S/C50H54N2O2/c1-47(2,3)33-21-23-37-31(25-33)27-35(49(7,8)9)29-41(37)51-39-17-13-15-19-43(39)53-45(51)46-52(40-18-14-16-20-44(40)54-46)42-30-36(50(10,11)12)28-32-26-34(48(4,5)6)22-24-38(32)42/h13-30H,1-12H3/b46-45+. The quantitative estimate of drug-likeness (QED) is 0.178. The first-order valence-corrected chi connectivity index (χ1v) is 19.3. The number of rotatable bonds is 2. The van der Waals surface area contributed by atoms with Crippen molar-refractivity contribution in [2.24, 2.45) is 0 Å². The largest absolute Gasteiger partial charge is 0.433 e. The van der Waals surface area contributed by atoms with E-state index in [4.69, 9.17) is 9.47 Å². The average molecular weight is 715 g/mol. The highest BCUT2D eigenvalue weighted by atomic mass is 16.6. The molecule has 0 aromatic heterocycles. The summed E-state index contributed by atoms with van der Waals surface area (Å²) in [5, 5.41) is 4.74. The van der Waals surface area contributed by atoms with Crippen LogP contribution in [-0.4, -0.2) is 0 Å². The van der Waals surface area contributed by atoms with E-state index < -0.39 is 0 Å². The molecule has 2 heterocycles. The van der Waals surface area contributed by atoms with E-state index in [1.807, 2.05) is 12.1 Å². The van der Waals surface area contributed by atoms with Crippen molar-refractivity contribution in [3.05, 3.63) is 143 Å². The summed E-state index contributed by atoms with van der Waals surface area (Å²) in [4.78, 5) is 4.57. The minimum Gasteiger partial charge on any atom is -0.433 e. The Labute approximate surface area is 322 Å². The topological polar surface area (TPSA) is 24.9 Å². The van der Waals surface area contributed by atoms with Crippen LogP contribution in [0.5, 0.6) is 11.5 Å². The lowest BCUT2D eigenvalue weighted by Crippen LogP contribution is -2.25. The molecule has 0 radical (unpaired) electrons. The molecular weight excluding hydrogens is 661 g/mol. The minimum atomic E-state index is -0.0849. The predicted molar refractivity (Wildman–Crippen MR) is 228 cm³/mol. The van der Waals surface area contributed by atoms with Gasteiger partial charge in [-0.25, -0.2) is 0 Å². The number of hydrogen-bond donors (Lipinski definition) is 0. The SMILES string of the molecule is CC(C)(C)c1ccc2c(N3/C(=C4\Oc5ccccc5N4c4cc(C(C)(C)C)cc5cc(C(C)(C)C)ccc45)Oc4ccccc43)cc(C(C)(C)C)cc2c1. The van der Waals surface area contributed by atoms with Crippen molar-refractivity contribution < 1.29 is 9.47 Å². The van der Waals surface area contributed by atoms with Gasteiger partial charge >= 0.3 is 0 Å². The third-order valence-corrected chi connectivity index (χ3v) is 11.0. The van der Waals surface area contributed by atoms with Gasteiger partial charge in [0.1, 0.15) is 0 Å². The summed E-state index contributed by atoms with van der Waals surface area (Å²) in [5.74, 6) is 2.87. The number of hydrogen-bond acceptors (Lipinski definition) is 4. The number of ether oxygens (including phenoxy) is 2. The van der Waals surface area contributed by atoms with Crippen molar-refractivity contribution in [2.45, 2.75) is 105 Å². The van der Waals surface area contributed by atoms with Crippen molar-refractivity contribution in [3.8, 4) is 11.5 Å². The maximum Gasteiger partial charge on any atom is 0.268 e. The molecule has 0 atom stereocenters. The molecular formula is C50H54N2O2. The molecule has 0 bridgehead atoms. The number of anilines is 4. The number of fused-ring (bicyclic) bond motifs is 4. The van der Waals surface area contributed by atoms with Gasteiger partial charge in [0.05, 0.1) is 22.7 Å². The molecule has 0 fully saturated rings. The van der Waals surface area contributed by atoms with Gasteiger partial charge in [-0.3, -0.25) is 9.80 Å². The van der Waals surface area contributed by atoms with E-state index in [1.165, 1.54) is 33.0 Å². The summed E-state index contributed by atoms with van der Waals surface area (Å²) in [6, 6.07) is 40.0. The first-order chi connectivity index (χ1) is 25.3. The van der Waals surface area contributed by atoms with Crippen LogP contribution in [0.15, 0.2) is 121 Å². The van der Waals surface area contributed by atoms with Crippen LogP contribution in [0, 0.1) is 0 Å². The summed E-state index contributed by atoms with van der Waals surface area (Å²) in [6.07, 6.45) is 0. The van der Waals surface area contributed by atoms with Gasteiger partial charge in [0, 0.05) is 10.8 Å². The second-order valence-electron chi connectivity index (χ2n) is 19.3. The molecule has 4 heteroatoms. The Morgan fingerprint density at radius 3 is 1.04 bits per heavy atom. The first-order valence-electron chi connectivity index (χ1n) is 19.3. The summed E-state index contributed by atoms with van der Waals surface area (Å²) in [7, 11) is 0. The fourth-order valence-corrected chi connectivity index (χ4v) is 7.60. The molecule has 0 saturated carbocycles. The van der Waals surface area contributed by atoms with Crippen LogP contribution in [-0.2, 0) is 21.7 Å². The van der Waals surface area contributed by atoms with Crippen LogP contribution in [0.4, 0.5) is 22.7 Å². The van der Waals surface area contributed by atoms with Gasteiger partial charge in [0.25, 0.3) is 11.8 Å². The Kier molecular flexibility index (Phi) is 8.05. The van der Waals surface area contributed by atoms with E-state index >= 15 is 0 Å². The molecule has 54 heavy (non-hydrogen) atoms. The highest BCUT2D eigenvalue weighted by Crippen LogP contribution is 2.53. The van der Waals surface area contributed by atoms with Crippen LogP contribution in [0.1, 0.15) is 105 Å². The minimum absolute atomic E-state index is 0.0184. The van der Waals surface area contributed by atoms with Crippen molar-refractivity contribution in [1.29, 1.82) is 0 Å². The van der Waals surface area contributed by atoms with Gasteiger partial charge < -0.3 is 9.47 Å². The van der Waals surface area contributed by atoms with E-state index in [0.717, 1.165) is 45.0 Å². The Morgan fingerprint density at radius 2 is 0.685 bits per heavy atom. The number of para-hydroxylation sites is 4. The molecule has 6 aromatic rings. The van der Waals surface area contributed by atoms with Crippen LogP contribution < -0.4 is 19.3 Å². The summed E-state index contributed by atoms with van der Waals surface area (Å²) >= 11 is 0. The highest BCUT2D eigenvalue weighted by Gasteiger charge is 2.41. The Balaban J connectivity index is 1.44. The van der Waals surface area contributed by atoms with Crippen LogP contribution >= 0.6 is 0 Å². The molecule has 2 aliphatic rings. The van der Waals surface area contributed by atoms with Gasteiger partial charge in [-0.15, -0.1) is 0 Å². The van der Waals surface area contributed by atoms with Crippen molar-refractivity contribution >= 4 is 44.3 Å². The summed E-state index contributed by atoms with van der Waals surface area (Å²) < 4.78 is 14.0. The van der Waals surface area contributed by atoms with E-state index in [9.17, 15) is 0 Å². The van der Waals surface area contributed by atoms with Crippen molar-refractivity contribution in [3.63, 3.8) is 0 Å². The lowest BCUT2D eigenvalue weighted by atomic mass is 9.82. The van der Waals surface area contributed by atoms with E-state index in [-0.39, 0.29) is 21.7 Å². The summed E-state index contributed by atoms with van der Waals surface area (Å²) in [5.41, 5.74) is 9.10. The van der Waals surface area contributed by atoms with Crippen molar-refractivity contribution in [1.82, 2.24) is 0 Å². The van der Waals surface area contributed by atoms with Gasteiger partial charge in [-0.2, -0.15) is 0 Å². The zero-order valence-electron chi connectivity index (χ0n) is 34.1. The molecule has 8 rings (SSSR count). The third-order valence-electron chi connectivity index (χ3n) is 11.0. The number of benzene rings is 6. The third kappa shape index (κ3) is 6.10. The van der Waals surface area contributed by atoms with Crippen LogP contribution in [0.2, 0.25) is 0 Å². The van der Waals surface area contributed by atoms with Crippen molar-refractivity contribution in [2.75, 3.05) is 9.80 Å². The second-order valence-corrected chi connectivity index (χ2v) is 19.3. The normalized spacial score (nSPS) is 16.1. The van der Waals surface area contributed by atoms with E-state index in [0.29, 0.717) is 11.8 Å². The maximum absolute atomic E-state index is 7.01. The highest BCUT2D eigenvalue weighted by molar-refractivity contribution is 6.02. The van der Waals surface area contributed by atoms with Crippen LogP contribution in [0.25, 0.3) is 21.5 Å². The molecule has 0 unspecified atom stereocenters. The van der Waals surface area contributed by atoms with Gasteiger partial charge in [0.15, 0.2) is 11.5 Å². The Morgan fingerprint density at radius 1 is 0.352 bits per heavy atom. The lowest BCUT2D eigenvalue weighted by molar-refractivity contribution is 0.367. The second kappa shape index (κ2) is 12.1. The fourth-order valence-electron chi connectivity index (χ4n) is 7.60. The molecule has 2 aliphatic heterocycles. The molecule has 0 amide bonds. The Hall–Kier alpha value is -5.22. The fraction of sp³-hybridized carbons (Fsp3) is 0.320. The molecule has 0 aliphatic carbocycles. The monoisotopic (exact) mass is 714 g/mol. The van der Waals surface area contributed by atoms with Gasteiger partial charge in [0.2, 0.25) is 0 Å². The van der Waals surface area contributed by atoms with Gasteiger partial charge in [-0.1, -0.05) is 156 Å². The molecule has 0 saturated heterocycles. The predicted octanol–water partition coefficient (Wildman–Crippen LogP) is 14.1. The Bertz CT molecular complexity index is 2310. The van der Waals surface area contributed by atoms with E-state index in [2.05, 4.69) is 190 Å². The zero-order valence-corrected chi connectivity index (χ0v) is 34.1. The van der Waals surface area contributed by atoms with Gasteiger partial charge in [-0.05, 0) is 91.1 Å². The molecule has 0 spiro atoms. The first kappa shape index (κ1) is 35.8. The summed E-state index contributed by atoms with van der Waals surface area (Å²) in [6.45, 7) is 27.4. The zero-order chi connectivity index (χ0) is 38.5. The molecule has 6 aromatic carbocycles.